The van der Waals surface area contributed by atoms with Crippen LogP contribution in [0.4, 0.5) is 0 Å². The lowest BCUT2D eigenvalue weighted by Gasteiger charge is -2.12. The van der Waals surface area contributed by atoms with Crippen LogP contribution in [0, 0.1) is 6.92 Å². The molecule has 0 saturated heterocycles. The number of aryl methyl sites for hydroxylation is 2. The Hall–Kier alpha value is -3.09. The van der Waals surface area contributed by atoms with Gasteiger partial charge in [0.25, 0.3) is 11.1 Å². The molecule has 3 aromatic rings. The van der Waals surface area contributed by atoms with Crippen molar-refractivity contribution in [3.05, 3.63) is 67.2 Å². The molecule has 7 nitrogen and oxygen atoms in total. The standard InChI is InChI=1S/C15H13N3O4/c1-8-12-11(7-17(2)14(8)21)13(20)16-15(22)18(12)9-4-3-5-10(19)6-9/h3-7,19H,1-2H3,(H,16,20,22). The van der Waals surface area contributed by atoms with Crippen molar-refractivity contribution in [3.63, 3.8) is 0 Å². The first-order valence-corrected chi connectivity index (χ1v) is 6.55. The Labute approximate surface area is 123 Å². The number of rotatable bonds is 1. The first kappa shape index (κ1) is 13.9. The summed E-state index contributed by atoms with van der Waals surface area (Å²) in [5.74, 6) is -0.0229. The molecule has 0 unspecified atom stereocenters. The summed E-state index contributed by atoms with van der Waals surface area (Å²) >= 11 is 0. The van der Waals surface area contributed by atoms with Crippen LogP contribution in [-0.2, 0) is 7.05 Å². The van der Waals surface area contributed by atoms with Crippen molar-refractivity contribution < 1.29 is 5.11 Å². The molecule has 1 aromatic carbocycles. The second-order valence-corrected chi connectivity index (χ2v) is 5.05. The zero-order valence-electron chi connectivity index (χ0n) is 12.0. The van der Waals surface area contributed by atoms with Gasteiger partial charge in [-0.15, -0.1) is 0 Å². The summed E-state index contributed by atoms with van der Waals surface area (Å²) in [5.41, 5.74) is -0.641. The maximum atomic E-state index is 12.2. The molecule has 2 heterocycles. The van der Waals surface area contributed by atoms with Gasteiger partial charge in [-0.25, -0.2) is 4.79 Å². The van der Waals surface area contributed by atoms with Crippen LogP contribution in [0.3, 0.4) is 0 Å². The van der Waals surface area contributed by atoms with Crippen LogP contribution in [0.1, 0.15) is 5.56 Å². The Morgan fingerprint density at radius 3 is 2.59 bits per heavy atom. The number of aromatic hydroxyl groups is 1. The Morgan fingerprint density at radius 2 is 1.91 bits per heavy atom. The zero-order valence-corrected chi connectivity index (χ0v) is 12.0. The van der Waals surface area contributed by atoms with E-state index in [0.717, 1.165) is 0 Å². The molecule has 0 radical (unpaired) electrons. The fourth-order valence-corrected chi connectivity index (χ4v) is 2.54. The molecule has 0 spiro atoms. The fourth-order valence-electron chi connectivity index (χ4n) is 2.54. The lowest BCUT2D eigenvalue weighted by molar-refractivity contribution is 0.475. The molecule has 2 aromatic heterocycles. The lowest BCUT2D eigenvalue weighted by atomic mass is 10.2. The third-order valence-corrected chi connectivity index (χ3v) is 3.55. The van der Waals surface area contributed by atoms with Gasteiger partial charge in [0.1, 0.15) is 5.75 Å². The number of aromatic nitrogens is 3. The van der Waals surface area contributed by atoms with Crippen LogP contribution in [0.2, 0.25) is 0 Å². The quantitative estimate of drug-likeness (QED) is 0.679. The van der Waals surface area contributed by atoms with E-state index in [9.17, 15) is 19.5 Å². The maximum absolute atomic E-state index is 12.2. The number of phenolic OH excluding ortho intramolecular Hbond substituents is 1. The Bertz CT molecular complexity index is 1070. The van der Waals surface area contributed by atoms with Gasteiger partial charge in [0.15, 0.2) is 0 Å². The molecular formula is C15H13N3O4. The molecule has 0 aliphatic rings. The molecule has 0 atom stereocenters. The molecule has 0 saturated carbocycles. The van der Waals surface area contributed by atoms with Crippen LogP contribution in [0.15, 0.2) is 44.8 Å². The van der Waals surface area contributed by atoms with Crippen LogP contribution in [0.5, 0.6) is 5.75 Å². The number of H-pyrrole nitrogens is 1. The number of hydrogen-bond donors (Lipinski definition) is 2. The summed E-state index contributed by atoms with van der Waals surface area (Å²) in [6.07, 6.45) is 1.39. The Morgan fingerprint density at radius 1 is 1.18 bits per heavy atom. The second-order valence-electron chi connectivity index (χ2n) is 5.05. The molecule has 7 heteroatoms. The first-order valence-electron chi connectivity index (χ1n) is 6.55. The van der Waals surface area contributed by atoms with Crippen molar-refractivity contribution in [1.29, 1.82) is 0 Å². The predicted octanol–water partition coefficient (Wildman–Crippen LogP) is 0.392. The number of hydrogen-bond acceptors (Lipinski definition) is 4. The van der Waals surface area contributed by atoms with Gasteiger partial charge in [0, 0.05) is 24.9 Å². The molecule has 3 rings (SSSR count). The largest absolute Gasteiger partial charge is 0.508 e. The number of fused-ring (bicyclic) bond motifs is 1. The van der Waals surface area contributed by atoms with Crippen molar-refractivity contribution >= 4 is 10.9 Å². The van der Waals surface area contributed by atoms with Gasteiger partial charge in [0.2, 0.25) is 0 Å². The van der Waals surface area contributed by atoms with Crippen LogP contribution in [-0.4, -0.2) is 19.2 Å². The summed E-state index contributed by atoms with van der Waals surface area (Å²) in [4.78, 5) is 38.6. The zero-order chi connectivity index (χ0) is 16.0. The number of pyridine rings is 1. The number of aromatic amines is 1. The minimum atomic E-state index is -0.667. The fraction of sp³-hybridized carbons (Fsp3) is 0.133. The second kappa shape index (κ2) is 4.73. The average Bonchev–Trinajstić information content (AvgIpc) is 2.46. The third-order valence-electron chi connectivity index (χ3n) is 3.55. The number of phenols is 1. The number of nitrogens with zero attached hydrogens (tertiary/aromatic N) is 2. The van der Waals surface area contributed by atoms with Crippen molar-refractivity contribution in [2.45, 2.75) is 6.92 Å². The van der Waals surface area contributed by atoms with Gasteiger partial charge in [-0.2, -0.15) is 0 Å². The highest BCUT2D eigenvalue weighted by Gasteiger charge is 2.15. The van der Waals surface area contributed by atoms with Crippen molar-refractivity contribution in [1.82, 2.24) is 14.1 Å². The number of benzene rings is 1. The summed E-state index contributed by atoms with van der Waals surface area (Å²) in [6.45, 7) is 1.56. The summed E-state index contributed by atoms with van der Waals surface area (Å²) < 4.78 is 2.51. The van der Waals surface area contributed by atoms with E-state index in [1.165, 1.54) is 34.5 Å². The smallest absolute Gasteiger partial charge is 0.333 e. The van der Waals surface area contributed by atoms with E-state index in [1.807, 2.05) is 0 Å². The molecule has 22 heavy (non-hydrogen) atoms. The normalized spacial score (nSPS) is 11.0. The van der Waals surface area contributed by atoms with Gasteiger partial charge in [-0.1, -0.05) is 6.07 Å². The molecule has 112 valence electrons. The van der Waals surface area contributed by atoms with Gasteiger partial charge < -0.3 is 9.67 Å². The minimum absolute atomic E-state index is 0.0229. The van der Waals surface area contributed by atoms with E-state index in [1.54, 1.807) is 19.1 Å². The molecule has 0 aliphatic heterocycles. The van der Waals surface area contributed by atoms with Crippen molar-refractivity contribution in [3.8, 4) is 11.4 Å². The van der Waals surface area contributed by atoms with Crippen LogP contribution in [0.25, 0.3) is 16.6 Å². The van der Waals surface area contributed by atoms with Crippen LogP contribution >= 0.6 is 0 Å². The average molecular weight is 299 g/mol. The highest BCUT2D eigenvalue weighted by Crippen LogP contribution is 2.18. The molecular weight excluding hydrogens is 286 g/mol. The van der Waals surface area contributed by atoms with Crippen LogP contribution < -0.4 is 16.8 Å². The lowest BCUT2D eigenvalue weighted by Crippen LogP contribution is -2.32. The Kier molecular flexibility index (Phi) is 2.98. The third kappa shape index (κ3) is 1.95. The van der Waals surface area contributed by atoms with E-state index in [4.69, 9.17) is 0 Å². The predicted molar refractivity (Wildman–Crippen MR) is 81.8 cm³/mol. The number of nitrogens with one attached hydrogen (secondary N) is 1. The molecule has 0 amide bonds. The molecule has 0 bridgehead atoms. The minimum Gasteiger partial charge on any atom is -0.508 e. The summed E-state index contributed by atoms with van der Waals surface area (Å²) in [6, 6.07) is 6.03. The van der Waals surface area contributed by atoms with E-state index in [0.29, 0.717) is 5.69 Å². The maximum Gasteiger partial charge on any atom is 0.333 e. The summed E-state index contributed by atoms with van der Waals surface area (Å²) in [5, 5.41) is 9.83. The monoisotopic (exact) mass is 299 g/mol. The van der Waals surface area contributed by atoms with E-state index < -0.39 is 11.2 Å². The van der Waals surface area contributed by atoms with Gasteiger partial charge in [-0.3, -0.25) is 19.1 Å². The highest BCUT2D eigenvalue weighted by molar-refractivity contribution is 5.81. The van der Waals surface area contributed by atoms with Gasteiger partial charge >= 0.3 is 5.69 Å². The van der Waals surface area contributed by atoms with Crippen molar-refractivity contribution in [2.24, 2.45) is 7.05 Å². The summed E-state index contributed by atoms with van der Waals surface area (Å²) in [7, 11) is 1.54. The Balaban J connectivity index is 2.61. The molecule has 0 fully saturated rings. The van der Waals surface area contributed by atoms with Gasteiger partial charge in [-0.05, 0) is 19.1 Å². The first-order chi connectivity index (χ1) is 10.4. The van der Waals surface area contributed by atoms with E-state index in [-0.39, 0.29) is 27.8 Å². The van der Waals surface area contributed by atoms with E-state index >= 15 is 0 Å². The topological polar surface area (TPSA) is 97.1 Å². The van der Waals surface area contributed by atoms with Gasteiger partial charge in [0.05, 0.1) is 16.6 Å². The van der Waals surface area contributed by atoms with E-state index in [2.05, 4.69) is 4.98 Å². The highest BCUT2D eigenvalue weighted by atomic mass is 16.3. The molecule has 0 aliphatic carbocycles. The molecule has 2 N–H and O–H groups in total. The van der Waals surface area contributed by atoms with Crippen molar-refractivity contribution in [2.75, 3.05) is 0 Å². The SMILES string of the molecule is Cc1c(=O)n(C)cc2c(=O)[nH]c(=O)n(-c3cccc(O)c3)c12.